The molecular weight excluding hydrogens is 199 g/mol. The van der Waals surface area contributed by atoms with Crippen LogP contribution in [0.15, 0.2) is 33.5 Å². The normalized spacial score (nSPS) is 10.5. The highest BCUT2D eigenvalue weighted by Gasteiger charge is 2.09. The van der Waals surface area contributed by atoms with Gasteiger partial charge in [0.15, 0.2) is 5.78 Å². The summed E-state index contributed by atoms with van der Waals surface area (Å²) in [6.45, 7) is 1.26. The van der Waals surface area contributed by atoms with Crippen LogP contribution in [0.4, 0.5) is 4.39 Å². The molecule has 1 aromatic heterocycles. The van der Waals surface area contributed by atoms with Gasteiger partial charge in [0.05, 0.1) is 0 Å². The minimum atomic E-state index is -0.693. The number of hydrogen-bond acceptors (Lipinski definition) is 3. The first kappa shape index (κ1) is 9.58. The summed E-state index contributed by atoms with van der Waals surface area (Å²) in [5, 5.41) is 0.403. The SMILES string of the molecule is CC(=O)c1cc2cc(F)ccc2oc1=O. The molecule has 1 aromatic carbocycles. The predicted molar refractivity (Wildman–Crippen MR) is 52.4 cm³/mol. The van der Waals surface area contributed by atoms with E-state index in [1.54, 1.807) is 0 Å². The lowest BCUT2D eigenvalue weighted by molar-refractivity contribution is 0.101. The molecule has 76 valence electrons. The Kier molecular flexibility index (Phi) is 2.11. The van der Waals surface area contributed by atoms with Crippen LogP contribution < -0.4 is 5.63 Å². The van der Waals surface area contributed by atoms with E-state index in [-0.39, 0.29) is 11.1 Å². The molecule has 3 nitrogen and oxygen atoms in total. The van der Waals surface area contributed by atoms with Gasteiger partial charge in [-0.15, -0.1) is 0 Å². The number of halogens is 1. The summed E-state index contributed by atoms with van der Waals surface area (Å²) in [6, 6.07) is 5.10. The van der Waals surface area contributed by atoms with Crippen molar-refractivity contribution in [1.29, 1.82) is 0 Å². The molecule has 0 aliphatic rings. The van der Waals surface area contributed by atoms with E-state index in [4.69, 9.17) is 4.42 Å². The van der Waals surface area contributed by atoms with E-state index in [0.29, 0.717) is 5.39 Å². The minimum Gasteiger partial charge on any atom is -0.422 e. The standard InChI is InChI=1S/C11H7FO3/c1-6(13)9-5-7-4-8(12)2-3-10(7)15-11(9)14/h2-5H,1H3. The topological polar surface area (TPSA) is 47.3 Å². The lowest BCUT2D eigenvalue weighted by Crippen LogP contribution is -2.10. The Morgan fingerprint density at radius 3 is 2.73 bits per heavy atom. The summed E-state index contributed by atoms with van der Waals surface area (Å²) >= 11 is 0. The summed E-state index contributed by atoms with van der Waals surface area (Å²) < 4.78 is 17.7. The maximum absolute atomic E-state index is 12.9. The van der Waals surface area contributed by atoms with Crippen molar-refractivity contribution in [3.8, 4) is 0 Å². The molecule has 0 unspecified atom stereocenters. The lowest BCUT2D eigenvalue weighted by Gasteiger charge is -1.98. The molecule has 0 saturated heterocycles. The highest BCUT2D eigenvalue weighted by Crippen LogP contribution is 2.14. The molecule has 4 heteroatoms. The van der Waals surface area contributed by atoms with Crippen LogP contribution in [-0.4, -0.2) is 5.78 Å². The average molecular weight is 206 g/mol. The van der Waals surface area contributed by atoms with E-state index in [0.717, 1.165) is 0 Å². The number of benzene rings is 1. The molecule has 15 heavy (non-hydrogen) atoms. The van der Waals surface area contributed by atoms with Crippen molar-refractivity contribution in [3.05, 3.63) is 46.1 Å². The Bertz CT molecular complexity index is 598. The van der Waals surface area contributed by atoms with Gasteiger partial charge in [0.2, 0.25) is 0 Å². The Hall–Kier alpha value is -1.97. The summed E-state index contributed by atoms with van der Waals surface area (Å²) in [4.78, 5) is 22.3. The van der Waals surface area contributed by atoms with Gasteiger partial charge < -0.3 is 4.42 Å². The van der Waals surface area contributed by atoms with Gasteiger partial charge in [0.25, 0.3) is 0 Å². The summed E-state index contributed by atoms with van der Waals surface area (Å²) in [7, 11) is 0. The minimum absolute atomic E-state index is 0.0619. The van der Waals surface area contributed by atoms with Gasteiger partial charge in [0, 0.05) is 5.39 Å². The van der Waals surface area contributed by atoms with Crippen molar-refractivity contribution >= 4 is 16.8 Å². The van der Waals surface area contributed by atoms with E-state index in [9.17, 15) is 14.0 Å². The maximum Gasteiger partial charge on any atom is 0.347 e. The molecular formula is C11H7FO3. The molecule has 0 atom stereocenters. The second-order valence-corrected chi connectivity index (χ2v) is 3.19. The zero-order chi connectivity index (χ0) is 11.0. The first-order chi connectivity index (χ1) is 7.08. The Morgan fingerprint density at radius 2 is 2.07 bits per heavy atom. The molecule has 0 aliphatic carbocycles. The molecule has 0 N–H and O–H groups in total. The summed E-state index contributed by atoms with van der Waals surface area (Å²) in [5.74, 6) is -0.833. The number of ketones is 1. The van der Waals surface area contributed by atoms with Gasteiger partial charge in [-0.25, -0.2) is 9.18 Å². The van der Waals surface area contributed by atoms with E-state index in [2.05, 4.69) is 0 Å². The van der Waals surface area contributed by atoms with Gasteiger partial charge in [0.1, 0.15) is 17.0 Å². The molecule has 0 amide bonds. The van der Waals surface area contributed by atoms with Crippen molar-refractivity contribution < 1.29 is 13.6 Å². The van der Waals surface area contributed by atoms with E-state index >= 15 is 0 Å². The summed E-state index contributed by atoms with van der Waals surface area (Å²) in [5.41, 5.74) is -0.485. The van der Waals surface area contributed by atoms with Crippen LogP contribution >= 0.6 is 0 Å². The maximum atomic E-state index is 12.9. The second kappa shape index (κ2) is 3.31. The lowest BCUT2D eigenvalue weighted by atomic mass is 10.1. The number of hydrogen-bond donors (Lipinski definition) is 0. The number of carbonyl (C=O) groups excluding carboxylic acids is 1. The fourth-order valence-electron chi connectivity index (χ4n) is 1.34. The van der Waals surface area contributed by atoms with Gasteiger partial charge in [-0.05, 0) is 31.2 Å². The van der Waals surface area contributed by atoms with Crippen molar-refractivity contribution in [1.82, 2.24) is 0 Å². The Morgan fingerprint density at radius 1 is 1.33 bits per heavy atom. The van der Waals surface area contributed by atoms with Crippen LogP contribution in [0.5, 0.6) is 0 Å². The highest BCUT2D eigenvalue weighted by molar-refractivity contribution is 5.96. The van der Waals surface area contributed by atoms with Gasteiger partial charge in [-0.1, -0.05) is 0 Å². The first-order valence-corrected chi connectivity index (χ1v) is 4.32. The Balaban J connectivity index is 2.83. The molecule has 0 fully saturated rings. The zero-order valence-electron chi connectivity index (χ0n) is 7.91. The predicted octanol–water partition coefficient (Wildman–Crippen LogP) is 2.13. The third-order valence-electron chi connectivity index (χ3n) is 2.07. The quantitative estimate of drug-likeness (QED) is 0.530. The molecule has 0 radical (unpaired) electrons. The van der Waals surface area contributed by atoms with Crippen LogP contribution in [-0.2, 0) is 0 Å². The monoisotopic (exact) mass is 206 g/mol. The second-order valence-electron chi connectivity index (χ2n) is 3.19. The summed E-state index contributed by atoms with van der Waals surface area (Å²) in [6.07, 6.45) is 0. The van der Waals surface area contributed by atoms with Gasteiger partial charge >= 0.3 is 5.63 Å². The molecule has 0 aliphatic heterocycles. The molecule has 0 spiro atoms. The molecule has 2 rings (SSSR count). The van der Waals surface area contributed by atoms with Gasteiger partial charge in [-0.2, -0.15) is 0 Å². The Labute approximate surface area is 84.1 Å². The smallest absolute Gasteiger partial charge is 0.347 e. The third kappa shape index (κ3) is 1.66. The van der Waals surface area contributed by atoms with Crippen molar-refractivity contribution in [2.24, 2.45) is 0 Å². The largest absolute Gasteiger partial charge is 0.422 e. The number of rotatable bonds is 1. The molecule has 0 bridgehead atoms. The van der Waals surface area contributed by atoms with Crippen molar-refractivity contribution in [2.75, 3.05) is 0 Å². The van der Waals surface area contributed by atoms with Crippen LogP contribution in [0.25, 0.3) is 11.0 Å². The fraction of sp³-hybridized carbons (Fsp3) is 0.0909. The average Bonchev–Trinajstić information content (AvgIpc) is 2.17. The third-order valence-corrected chi connectivity index (χ3v) is 2.07. The fourth-order valence-corrected chi connectivity index (χ4v) is 1.34. The molecule has 2 aromatic rings. The van der Waals surface area contributed by atoms with E-state index < -0.39 is 17.2 Å². The molecule has 0 saturated carbocycles. The van der Waals surface area contributed by atoms with Crippen LogP contribution in [0.3, 0.4) is 0 Å². The van der Waals surface area contributed by atoms with E-state index in [1.165, 1.54) is 31.2 Å². The molecule has 1 heterocycles. The highest BCUT2D eigenvalue weighted by atomic mass is 19.1. The van der Waals surface area contributed by atoms with Crippen LogP contribution in [0.2, 0.25) is 0 Å². The number of Topliss-reactive ketones (excluding diaryl/α,β-unsaturated/α-hetero) is 1. The van der Waals surface area contributed by atoms with Crippen molar-refractivity contribution in [3.63, 3.8) is 0 Å². The van der Waals surface area contributed by atoms with Crippen molar-refractivity contribution in [2.45, 2.75) is 6.92 Å². The number of fused-ring (bicyclic) bond motifs is 1. The van der Waals surface area contributed by atoms with Crippen LogP contribution in [0, 0.1) is 5.82 Å². The number of carbonyl (C=O) groups is 1. The zero-order valence-corrected chi connectivity index (χ0v) is 7.91. The first-order valence-electron chi connectivity index (χ1n) is 4.32. The van der Waals surface area contributed by atoms with Gasteiger partial charge in [-0.3, -0.25) is 4.79 Å². The van der Waals surface area contributed by atoms with E-state index in [1.807, 2.05) is 0 Å². The van der Waals surface area contributed by atoms with Crippen LogP contribution in [0.1, 0.15) is 17.3 Å².